The fraction of sp³-hybridized carbons (Fsp3) is 0.444. The zero-order valence-corrected chi connectivity index (χ0v) is 15.4. The predicted octanol–water partition coefficient (Wildman–Crippen LogP) is 4.47. The molecule has 2 aromatic rings. The van der Waals surface area contributed by atoms with Gasteiger partial charge in [0.1, 0.15) is 5.82 Å². The zero-order valence-electron chi connectivity index (χ0n) is 15.4. The summed E-state index contributed by atoms with van der Waals surface area (Å²) in [4.78, 5) is 10.3. The van der Waals surface area contributed by atoms with E-state index in [1.54, 1.807) is 6.82 Å². The highest BCUT2D eigenvalue weighted by atomic mass is 19.4. The van der Waals surface area contributed by atoms with Gasteiger partial charge in [-0.3, -0.25) is 0 Å². The van der Waals surface area contributed by atoms with Crippen molar-refractivity contribution in [2.24, 2.45) is 0 Å². The van der Waals surface area contributed by atoms with Crippen LogP contribution in [0, 0.1) is 0 Å². The van der Waals surface area contributed by atoms with E-state index in [0.29, 0.717) is 43.9 Å². The molecule has 2 heterocycles. The summed E-state index contributed by atoms with van der Waals surface area (Å²) in [6, 6.07) is 2.72. The molecular weight excluding hydrogens is 399 g/mol. The minimum atomic E-state index is -4.92. The standard InChI is InChI=1S/C18H18BF6N3O/c1-19(29)28-6-3-11(4-7-28)16-26-5-2-15(27-16)12-8-13(17(20,21)22)10-14(9-12)18(23,24)25/h2,5,8-11,29H,3-4,6-7H2,1H3. The van der Waals surface area contributed by atoms with Gasteiger partial charge < -0.3 is 9.83 Å². The molecule has 11 heteroatoms. The van der Waals surface area contributed by atoms with Gasteiger partial charge in [0.15, 0.2) is 0 Å². The van der Waals surface area contributed by atoms with Crippen LogP contribution in [0.4, 0.5) is 26.3 Å². The van der Waals surface area contributed by atoms with E-state index in [2.05, 4.69) is 9.97 Å². The van der Waals surface area contributed by atoms with Crippen molar-refractivity contribution in [1.82, 2.24) is 14.8 Å². The summed E-state index contributed by atoms with van der Waals surface area (Å²) < 4.78 is 78.6. The van der Waals surface area contributed by atoms with Crippen LogP contribution >= 0.6 is 0 Å². The summed E-state index contributed by atoms with van der Waals surface area (Å²) in [6.07, 6.45) is -7.24. The minimum absolute atomic E-state index is 0.00422. The molecule has 0 saturated carbocycles. The summed E-state index contributed by atoms with van der Waals surface area (Å²) in [5.41, 5.74) is -3.03. The van der Waals surface area contributed by atoms with Crippen LogP contribution in [0.1, 0.15) is 35.7 Å². The van der Waals surface area contributed by atoms with E-state index in [-0.39, 0.29) is 23.2 Å². The van der Waals surface area contributed by atoms with Gasteiger partial charge in [0, 0.05) is 17.7 Å². The van der Waals surface area contributed by atoms with Crippen molar-refractivity contribution in [3.05, 3.63) is 47.4 Å². The van der Waals surface area contributed by atoms with E-state index in [9.17, 15) is 31.4 Å². The van der Waals surface area contributed by atoms with Gasteiger partial charge in [0.2, 0.25) is 0 Å². The Kier molecular flexibility index (Phi) is 5.91. The topological polar surface area (TPSA) is 49.2 Å². The third-order valence-corrected chi connectivity index (χ3v) is 4.98. The van der Waals surface area contributed by atoms with Crippen molar-refractivity contribution in [3.63, 3.8) is 0 Å². The SMILES string of the molecule is CB(O)N1CCC(c2nccc(-c3cc(C(F)(F)F)cc(C(F)(F)F)c3)n2)CC1. The van der Waals surface area contributed by atoms with Crippen LogP contribution in [0.5, 0.6) is 0 Å². The van der Waals surface area contributed by atoms with E-state index >= 15 is 0 Å². The maximum absolute atomic E-state index is 13.1. The number of hydrogen-bond acceptors (Lipinski definition) is 4. The Labute approximate surface area is 163 Å². The van der Waals surface area contributed by atoms with Crippen LogP contribution in [-0.4, -0.2) is 39.9 Å². The molecule has 3 rings (SSSR count). The number of aromatic nitrogens is 2. The molecule has 0 spiro atoms. The maximum Gasteiger partial charge on any atom is 0.416 e. The van der Waals surface area contributed by atoms with E-state index in [1.807, 2.05) is 4.81 Å². The molecule has 0 bridgehead atoms. The lowest BCUT2D eigenvalue weighted by molar-refractivity contribution is -0.143. The van der Waals surface area contributed by atoms with Crippen molar-refractivity contribution < 1.29 is 31.4 Å². The first kappa shape index (κ1) is 21.6. The number of halogens is 6. The van der Waals surface area contributed by atoms with Crippen LogP contribution in [-0.2, 0) is 12.4 Å². The van der Waals surface area contributed by atoms with Crippen LogP contribution in [0.2, 0.25) is 6.82 Å². The third-order valence-electron chi connectivity index (χ3n) is 4.98. The number of alkyl halides is 6. The molecule has 0 amide bonds. The number of benzene rings is 1. The fourth-order valence-corrected chi connectivity index (χ4v) is 3.37. The average molecular weight is 417 g/mol. The highest BCUT2D eigenvalue weighted by Crippen LogP contribution is 2.38. The van der Waals surface area contributed by atoms with Gasteiger partial charge in [-0.1, -0.05) is 0 Å². The largest absolute Gasteiger partial charge is 0.437 e. The van der Waals surface area contributed by atoms with Gasteiger partial charge in [-0.25, -0.2) is 9.97 Å². The number of rotatable bonds is 3. The normalized spacial score (nSPS) is 16.8. The molecule has 1 saturated heterocycles. The molecule has 0 atom stereocenters. The Morgan fingerprint density at radius 3 is 2.03 bits per heavy atom. The van der Waals surface area contributed by atoms with Crippen molar-refractivity contribution in [2.75, 3.05) is 13.1 Å². The maximum atomic E-state index is 13.1. The molecule has 4 nitrogen and oxygen atoms in total. The molecular formula is C18H18BF6N3O. The lowest BCUT2D eigenvalue weighted by atomic mass is 9.81. The Balaban J connectivity index is 1.94. The predicted molar refractivity (Wildman–Crippen MR) is 94.9 cm³/mol. The highest BCUT2D eigenvalue weighted by Gasteiger charge is 2.37. The van der Waals surface area contributed by atoms with Gasteiger partial charge in [-0.2, -0.15) is 26.3 Å². The monoisotopic (exact) mass is 417 g/mol. The number of piperidine rings is 1. The third kappa shape index (κ3) is 5.08. The molecule has 1 aromatic carbocycles. The zero-order chi connectivity index (χ0) is 21.4. The molecule has 1 aromatic heterocycles. The summed E-state index contributed by atoms with van der Waals surface area (Å²) in [5.74, 6) is 0.288. The molecule has 1 aliphatic heterocycles. The quantitative estimate of drug-likeness (QED) is 0.592. The van der Waals surface area contributed by atoms with Gasteiger partial charge in [-0.05, 0) is 57.0 Å². The molecule has 156 valence electrons. The Morgan fingerprint density at radius 1 is 1.00 bits per heavy atom. The minimum Gasteiger partial charge on any atom is -0.437 e. The van der Waals surface area contributed by atoms with Crippen LogP contribution in [0.15, 0.2) is 30.5 Å². The Bertz CT molecular complexity index is 831. The number of hydrogen-bond donors (Lipinski definition) is 1. The lowest BCUT2D eigenvalue weighted by Gasteiger charge is -2.31. The smallest absolute Gasteiger partial charge is 0.416 e. The van der Waals surface area contributed by atoms with Gasteiger partial charge in [-0.15, -0.1) is 0 Å². The number of nitrogens with zero attached hydrogens (tertiary/aromatic N) is 3. The Hall–Kier alpha value is -2.14. The first-order chi connectivity index (χ1) is 13.4. The highest BCUT2D eigenvalue weighted by molar-refractivity contribution is 6.45. The molecule has 0 radical (unpaired) electrons. The molecule has 1 N–H and O–H groups in total. The van der Waals surface area contributed by atoms with Crippen molar-refractivity contribution >= 4 is 7.05 Å². The van der Waals surface area contributed by atoms with Gasteiger partial charge in [0.05, 0.1) is 16.8 Å². The second-order valence-corrected chi connectivity index (χ2v) is 7.04. The van der Waals surface area contributed by atoms with E-state index in [4.69, 9.17) is 0 Å². The van der Waals surface area contributed by atoms with Crippen LogP contribution in [0.25, 0.3) is 11.3 Å². The molecule has 0 aliphatic carbocycles. The van der Waals surface area contributed by atoms with E-state index in [1.165, 1.54) is 12.3 Å². The summed E-state index contributed by atoms with van der Waals surface area (Å²) >= 11 is 0. The fourth-order valence-electron chi connectivity index (χ4n) is 3.37. The van der Waals surface area contributed by atoms with Crippen LogP contribution in [0.3, 0.4) is 0 Å². The average Bonchev–Trinajstić information content (AvgIpc) is 2.66. The molecule has 0 unspecified atom stereocenters. The molecule has 29 heavy (non-hydrogen) atoms. The molecule has 1 aliphatic rings. The van der Waals surface area contributed by atoms with Gasteiger partial charge in [0.25, 0.3) is 0 Å². The van der Waals surface area contributed by atoms with Crippen molar-refractivity contribution in [1.29, 1.82) is 0 Å². The van der Waals surface area contributed by atoms with E-state index < -0.39 is 30.5 Å². The van der Waals surface area contributed by atoms with Crippen molar-refractivity contribution in [3.8, 4) is 11.3 Å². The van der Waals surface area contributed by atoms with E-state index in [0.717, 1.165) is 0 Å². The second-order valence-electron chi connectivity index (χ2n) is 7.04. The lowest BCUT2D eigenvalue weighted by Crippen LogP contribution is -2.42. The molecule has 1 fully saturated rings. The van der Waals surface area contributed by atoms with Crippen molar-refractivity contribution in [2.45, 2.75) is 37.9 Å². The summed E-state index contributed by atoms with van der Waals surface area (Å²) in [5, 5.41) is 9.62. The Morgan fingerprint density at radius 2 is 1.55 bits per heavy atom. The summed E-state index contributed by atoms with van der Waals surface area (Å²) in [7, 11) is -0.589. The van der Waals surface area contributed by atoms with Gasteiger partial charge >= 0.3 is 19.4 Å². The first-order valence-electron chi connectivity index (χ1n) is 9.00. The summed E-state index contributed by atoms with van der Waals surface area (Å²) in [6.45, 7) is 2.85. The second kappa shape index (κ2) is 7.94. The van der Waals surface area contributed by atoms with Crippen LogP contribution < -0.4 is 0 Å². The first-order valence-corrected chi connectivity index (χ1v) is 9.00.